The second-order valence-corrected chi connectivity index (χ2v) is 6.33. The minimum absolute atomic E-state index is 0.236. The van der Waals surface area contributed by atoms with Crippen molar-refractivity contribution in [2.45, 2.75) is 53.0 Å². The highest BCUT2D eigenvalue weighted by molar-refractivity contribution is 5.82. The molecule has 1 rings (SSSR count). The first kappa shape index (κ1) is 16.6. The van der Waals surface area contributed by atoms with Crippen LogP contribution < -0.4 is 0 Å². The maximum Gasteiger partial charge on any atom is 0.137 e. The summed E-state index contributed by atoms with van der Waals surface area (Å²) in [6.07, 6.45) is 2.95. The summed E-state index contributed by atoms with van der Waals surface area (Å²) in [6, 6.07) is 0.391. The zero-order valence-electron chi connectivity index (χ0n) is 13.3. The van der Waals surface area contributed by atoms with Gasteiger partial charge in [-0.3, -0.25) is 9.69 Å². The quantitative estimate of drug-likeness (QED) is 0.711. The van der Waals surface area contributed by atoms with Crippen molar-refractivity contribution in [3.05, 3.63) is 0 Å². The average molecular weight is 269 g/mol. The van der Waals surface area contributed by atoms with Crippen molar-refractivity contribution in [2.24, 2.45) is 17.8 Å². The Balaban J connectivity index is 2.58. The number of ketones is 1. The molecule has 1 aliphatic rings. The van der Waals surface area contributed by atoms with E-state index in [0.29, 0.717) is 17.7 Å². The SMILES string of the molecule is CCN(CC1CC(C(C)C)CCC1=O)C(C)COC. The molecule has 19 heavy (non-hydrogen) atoms. The molecule has 0 heterocycles. The molecular formula is C16H31NO2. The molecule has 1 aliphatic carbocycles. The number of carbonyl (C=O) groups is 1. The summed E-state index contributed by atoms with van der Waals surface area (Å²) in [5.74, 6) is 2.13. The number of Topliss-reactive ketones (excluding diaryl/α,β-unsaturated/α-hetero) is 1. The first-order valence-corrected chi connectivity index (χ1v) is 7.75. The van der Waals surface area contributed by atoms with Gasteiger partial charge in [0.1, 0.15) is 5.78 Å². The van der Waals surface area contributed by atoms with E-state index in [9.17, 15) is 4.79 Å². The lowest BCUT2D eigenvalue weighted by Crippen LogP contribution is -2.43. The van der Waals surface area contributed by atoms with Crippen molar-refractivity contribution in [2.75, 3.05) is 26.8 Å². The van der Waals surface area contributed by atoms with Gasteiger partial charge in [-0.05, 0) is 38.1 Å². The van der Waals surface area contributed by atoms with Crippen molar-refractivity contribution in [1.29, 1.82) is 0 Å². The number of carbonyl (C=O) groups excluding carboxylic acids is 1. The van der Waals surface area contributed by atoms with E-state index >= 15 is 0 Å². The van der Waals surface area contributed by atoms with E-state index in [1.165, 1.54) is 0 Å². The highest BCUT2D eigenvalue weighted by atomic mass is 16.5. The average Bonchev–Trinajstić information content (AvgIpc) is 2.37. The van der Waals surface area contributed by atoms with Crippen LogP contribution in [0.4, 0.5) is 0 Å². The van der Waals surface area contributed by atoms with Crippen LogP contribution in [0.15, 0.2) is 0 Å². The smallest absolute Gasteiger partial charge is 0.137 e. The predicted octanol–water partition coefficient (Wildman–Crippen LogP) is 2.98. The normalized spacial score (nSPS) is 26.2. The summed E-state index contributed by atoms with van der Waals surface area (Å²) in [5.41, 5.74) is 0. The third-order valence-corrected chi connectivity index (χ3v) is 4.64. The maximum absolute atomic E-state index is 12.1. The second kappa shape index (κ2) is 8.01. The number of likely N-dealkylation sites (N-methyl/N-ethyl adjacent to an activating group) is 1. The van der Waals surface area contributed by atoms with Crippen LogP contribution in [0.5, 0.6) is 0 Å². The minimum atomic E-state index is 0.236. The summed E-state index contributed by atoms with van der Waals surface area (Å²) in [4.78, 5) is 14.5. The zero-order chi connectivity index (χ0) is 14.4. The second-order valence-electron chi connectivity index (χ2n) is 6.33. The number of hydrogen-bond acceptors (Lipinski definition) is 3. The third-order valence-electron chi connectivity index (χ3n) is 4.64. The van der Waals surface area contributed by atoms with Gasteiger partial charge >= 0.3 is 0 Å². The summed E-state index contributed by atoms with van der Waals surface area (Å²) >= 11 is 0. The van der Waals surface area contributed by atoms with Gasteiger partial charge in [-0.1, -0.05) is 20.8 Å². The van der Waals surface area contributed by atoms with Crippen molar-refractivity contribution in [3.63, 3.8) is 0 Å². The fourth-order valence-corrected chi connectivity index (χ4v) is 3.18. The van der Waals surface area contributed by atoms with Gasteiger partial charge < -0.3 is 4.74 Å². The molecule has 3 atom stereocenters. The number of rotatable bonds is 7. The van der Waals surface area contributed by atoms with E-state index in [-0.39, 0.29) is 5.92 Å². The summed E-state index contributed by atoms with van der Waals surface area (Å²) in [5, 5.41) is 0. The monoisotopic (exact) mass is 269 g/mol. The van der Waals surface area contributed by atoms with E-state index in [0.717, 1.165) is 44.9 Å². The number of nitrogens with zero attached hydrogens (tertiary/aromatic N) is 1. The van der Waals surface area contributed by atoms with E-state index in [2.05, 4.69) is 32.6 Å². The molecule has 0 bridgehead atoms. The van der Waals surface area contributed by atoms with Crippen LogP contribution in [0.25, 0.3) is 0 Å². The van der Waals surface area contributed by atoms with Gasteiger partial charge in [0.05, 0.1) is 6.61 Å². The van der Waals surface area contributed by atoms with Crippen molar-refractivity contribution < 1.29 is 9.53 Å². The summed E-state index contributed by atoms with van der Waals surface area (Å²) in [6.45, 7) is 11.5. The number of ether oxygens (including phenoxy) is 1. The fourth-order valence-electron chi connectivity index (χ4n) is 3.18. The molecule has 0 saturated heterocycles. The Hall–Kier alpha value is -0.410. The lowest BCUT2D eigenvalue weighted by molar-refractivity contribution is -0.127. The molecule has 112 valence electrons. The molecule has 0 radical (unpaired) electrons. The first-order valence-electron chi connectivity index (χ1n) is 7.75. The van der Waals surface area contributed by atoms with Crippen LogP contribution in [0.2, 0.25) is 0 Å². The van der Waals surface area contributed by atoms with E-state index in [1.54, 1.807) is 7.11 Å². The molecule has 3 nitrogen and oxygen atoms in total. The lowest BCUT2D eigenvalue weighted by atomic mass is 9.75. The molecule has 3 unspecified atom stereocenters. The van der Waals surface area contributed by atoms with E-state index in [4.69, 9.17) is 4.74 Å². The van der Waals surface area contributed by atoms with Crippen LogP contribution in [0.3, 0.4) is 0 Å². The van der Waals surface area contributed by atoms with Gasteiger partial charge in [0, 0.05) is 32.0 Å². The van der Waals surface area contributed by atoms with Gasteiger partial charge in [-0.15, -0.1) is 0 Å². The Morgan fingerprint density at radius 1 is 1.37 bits per heavy atom. The Morgan fingerprint density at radius 3 is 2.58 bits per heavy atom. The Labute approximate surface area is 118 Å². The molecular weight excluding hydrogens is 238 g/mol. The van der Waals surface area contributed by atoms with Crippen LogP contribution in [-0.4, -0.2) is 43.5 Å². The van der Waals surface area contributed by atoms with Crippen LogP contribution >= 0.6 is 0 Å². The molecule has 0 spiro atoms. The molecule has 0 aromatic carbocycles. The molecule has 1 fully saturated rings. The van der Waals surface area contributed by atoms with Gasteiger partial charge in [0.2, 0.25) is 0 Å². The fraction of sp³-hybridized carbons (Fsp3) is 0.938. The van der Waals surface area contributed by atoms with Gasteiger partial charge in [0.15, 0.2) is 0 Å². The molecule has 3 heteroatoms. The molecule has 0 amide bonds. The molecule has 0 aliphatic heterocycles. The van der Waals surface area contributed by atoms with Crippen LogP contribution in [0, 0.1) is 17.8 Å². The third kappa shape index (κ3) is 4.88. The highest BCUT2D eigenvalue weighted by Gasteiger charge is 2.31. The van der Waals surface area contributed by atoms with Crippen molar-refractivity contribution in [1.82, 2.24) is 4.90 Å². The Kier molecular flexibility index (Phi) is 7.01. The van der Waals surface area contributed by atoms with Gasteiger partial charge in [0.25, 0.3) is 0 Å². The van der Waals surface area contributed by atoms with E-state index < -0.39 is 0 Å². The number of hydrogen-bond donors (Lipinski definition) is 0. The first-order chi connectivity index (χ1) is 8.99. The minimum Gasteiger partial charge on any atom is -0.383 e. The highest BCUT2D eigenvalue weighted by Crippen LogP contribution is 2.32. The molecule has 1 saturated carbocycles. The molecule has 0 aromatic rings. The van der Waals surface area contributed by atoms with Gasteiger partial charge in [-0.2, -0.15) is 0 Å². The lowest BCUT2D eigenvalue weighted by Gasteiger charge is -2.35. The standard InChI is InChI=1S/C16H31NO2/c1-6-17(13(4)11-19-5)10-15-9-14(12(2)3)7-8-16(15)18/h12-15H,6-11H2,1-5H3. The summed E-state index contributed by atoms with van der Waals surface area (Å²) in [7, 11) is 1.74. The van der Waals surface area contributed by atoms with Crippen LogP contribution in [-0.2, 0) is 9.53 Å². The molecule has 0 N–H and O–H groups in total. The topological polar surface area (TPSA) is 29.5 Å². The van der Waals surface area contributed by atoms with Crippen molar-refractivity contribution >= 4 is 5.78 Å². The molecule has 0 aromatic heterocycles. The van der Waals surface area contributed by atoms with Gasteiger partial charge in [-0.25, -0.2) is 0 Å². The zero-order valence-corrected chi connectivity index (χ0v) is 13.3. The largest absolute Gasteiger partial charge is 0.383 e. The predicted molar refractivity (Wildman–Crippen MR) is 79.3 cm³/mol. The van der Waals surface area contributed by atoms with Crippen molar-refractivity contribution in [3.8, 4) is 0 Å². The Bertz CT molecular complexity index is 278. The summed E-state index contributed by atoms with van der Waals surface area (Å²) < 4.78 is 5.24. The Morgan fingerprint density at radius 2 is 2.05 bits per heavy atom. The maximum atomic E-state index is 12.1. The van der Waals surface area contributed by atoms with E-state index in [1.807, 2.05) is 0 Å². The number of methoxy groups -OCH3 is 1. The van der Waals surface area contributed by atoms with Crippen LogP contribution in [0.1, 0.15) is 47.0 Å².